The number of fused-ring (bicyclic) bond motifs is 1. The molecule has 2 aromatic rings. The maximum Gasteiger partial charge on any atom is 0.251 e. The molecule has 32 heavy (non-hydrogen) atoms. The van der Waals surface area contributed by atoms with Crippen molar-refractivity contribution >= 4 is 15.9 Å². The van der Waals surface area contributed by atoms with Gasteiger partial charge in [-0.15, -0.1) is 0 Å². The quantitative estimate of drug-likeness (QED) is 0.650. The Kier molecular flexibility index (Phi) is 7.28. The number of amides is 1. The van der Waals surface area contributed by atoms with E-state index in [4.69, 9.17) is 0 Å². The van der Waals surface area contributed by atoms with Crippen molar-refractivity contribution in [2.75, 3.05) is 26.2 Å². The minimum Gasteiger partial charge on any atom is -0.352 e. The maximum atomic E-state index is 13.2. The van der Waals surface area contributed by atoms with Crippen LogP contribution in [0.2, 0.25) is 0 Å². The zero-order valence-corrected chi connectivity index (χ0v) is 19.6. The number of benzene rings is 2. The topological polar surface area (TPSA) is 69.7 Å². The summed E-state index contributed by atoms with van der Waals surface area (Å²) in [4.78, 5) is 15.3. The Morgan fingerprint density at radius 2 is 1.88 bits per heavy atom. The van der Waals surface area contributed by atoms with E-state index in [1.165, 1.54) is 35.2 Å². The van der Waals surface area contributed by atoms with Gasteiger partial charge in [0.2, 0.25) is 10.0 Å². The number of carbonyl (C=O) groups is 1. The molecule has 1 saturated heterocycles. The normalized spacial score (nSPS) is 20.0. The molecule has 172 valence electrons. The predicted octanol–water partition coefficient (Wildman–Crippen LogP) is 3.43. The smallest absolute Gasteiger partial charge is 0.251 e. The lowest BCUT2D eigenvalue weighted by Crippen LogP contribution is -2.39. The van der Waals surface area contributed by atoms with Crippen LogP contribution < -0.4 is 5.32 Å². The first kappa shape index (κ1) is 23.0. The molecular weight excluding hydrogens is 422 g/mol. The van der Waals surface area contributed by atoms with E-state index in [1.54, 1.807) is 18.2 Å². The zero-order chi connectivity index (χ0) is 22.6. The molecule has 1 amide bonds. The number of hydrogen-bond acceptors (Lipinski definition) is 4. The second-order valence-corrected chi connectivity index (χ2v) is 10.8. The van der Waals surface area contributed by atoms with Crippen molar-refractivity contribution in [2.24, 2.45) is 0 Å². The van der Waals surface area contributed by atoms with Crippen molar-refractivity contribution in [3.8, 4) is 0 Å². The van der Waals surface area contributed by atoms with Crippen LogP contribution in [0.1, 0.15) is 54.1 Å². The summed E-state index contributed by atoms with van der Waals surface area (Å²) >= 11 is 0. The Morgan fingerprint density at radius 3 is 2.69 bits per heavy atom. The molecule has 0 spiro atoms. The summed E-state index contributed by atoms with van der Waals surface area (Å²) in [5, 5.41) is 2.95. The molecular formula is C25H33N3O3S. The fourth-order valence-corrected chi connectivity index (χ4v) is 6.16. The van der Waals surface area contributed by atoms with Gasteiger partial charge >= 0.3 is 0 Å². The first-order valence-corrected chi connectivity index (χ1v) is 13.1. The lowest BCUT2D eigenvalue weighted by atomic mass is 10.0. The summed E-state index contributed by atoms with van der Waals surface area (Å²) in [6, 6.07) is 15.0. The molecule has 1 atom stereocenters. The molecule has 0 aromatic heterocycles. The molecule has 4 rings (SSSR count). The standard InChI is InChI=1S/C25H33N3O3S/c1-20-8-4-5-15-27(20)16-7-14-26-25(29)22-11-6-12-24(18-22)32(30,31)28-17-13-21-9-2-3-10-23(21)19-28/h2-3,6,9-12,18,20H,4-5,7-8,13-17,19H2,1H3,(H,26,29). The van der Waals surface area contributed by atoms with E-state index in [0.717, 1.165) is 25.1 Å². The fourth-order valence-electron chi connectivity index (χ4n) is 4.70. The van der Waals surface area contributed by atoms with Crippen molar-refractivity contribution in [1.29, 1.82) is 0 Å². The van der Waals surface area contributed by atoms with Crippen LogP contribution in [0.15, 0.2) is 53.4 Å². The Morgan fingerprint density at radius 1 is 1.06 bits per heavy atom. The fraction of sp³-hybridized carbons (Fsp3) is 0.480. The molecule has 1 N–H and O–H groups in total. The molecule has 2 aromatic carbocycles. The predicted molar refractivity (Wildman–Crippen MR) is 126 cm³/mol. The van der Waals surface area contributed by atoms with E-state index >= 15 is 0 Å². The largest absolute Gasteiger partial charge is 0.352 e. The van der Waals surface area contributed by atoms with E-state index in [9.17, 15) is 13.2 Å². The van der Waals surface area contributed by atoms with E-state index in [-0.39, 0.29) is 10.8 Å². The lowest BCUT2D eigenvalue weighted by Gasteiger charge is -2.33. The van der Waals surface area contributed by atoms with Gasteiger partial charge in [-0.1, -0.05) is 36.8 Å². The summed E-state index contributed by atoms with van der Waals surface area (Å²) in [6.45, 7) is 5.78. The second kappa shape index (κ2) is 10.1. The lowest BCUT2D eigenvalue weighted by molar-refractivity contribution is 0.0948. The Bertz CT molecular complexity index is 1050. The van der Waals surface area contributed by atoms with Crippen molar-refractivity contribution in [3.05, 3.63) is 65.2 Å². The first-order valence-electron chi connectivity index (χ1n) is 11.6. The molecule has 0 saturated carbocycles. The highest BCUT2D eigenvalue weighted by Crippen LogP contribution is 2.25. The summed E-state index contributed by atoms with van der Waals surface area (Å²) in [5.74, 6) is -0.224. The van der Waals surface area contributed by atoms with Gasteiger partial charge in [0.1, 0.15) is 0 Å². The van der Waals surface area contributed by atoms with E-state index < -0.39 is 10.0 Å². The molecule has 6 nitrogen and oxygen atoms in total. The Balaban J connectivity index is 1.35. The van der Waals surface area contributed by atoms with Gasteiger partial charge in [-0.25, -0.2) is 8.42 Å². The van der Waals surface area contributed by atoms with Crippen molar-refractivity contribution in [2.45, 2.75) is 56.5 Å². The van der Waals surface area contributed by atoms with Gasteiger partial charge in [0.05, 0.1) is 4.90 Å². The highest BCUT2D eigenvalue weighted by atomic mass is 32.2. The molecule has 0 bridgehead atoms. The number of rotatable bonds is 7. The van der Waals surface area contributed by atoms with Gasteiger partial charge in [0.15, 0.2) is 0 Å². The highest BCUT2D eigenvalue weighted by Gasteiger charge is 2.28. The van der Waals surface area contributed by atoms with Gasteiger partial charge < -0.3 is 10.2 Å². The van der Waals surface area contributed by atoms with Crippen molar-refractivity contribution < 1.29 is 13.2 Å². The summed E-state index contributed by atoms with van der Waals surface area (Å²) in [5.41, 5.74) is 2.63. The highest BCUT2D eigenvalue weighted by molar-refractivity contribution is 7.89. The van der Waals surface area contributed by atoms with Gasteiger partial charge in [0, 0.05) is 37.8 Å². The first-order chi connectivity index (χ1) is 15.4. The average molecular weight is 456 g/mol. The van der Waals surface area contributed by atoms with Gasteiger partial charge in [0.25, 0.3) is 5.91 Å². The number of carbonyl (C=O) groups excluding carboxylic acids is 1. The third-order valence-corrected chi connectivity index (χ3v) is 8.52. The number of nitrogens with one attached hydrogen (secondary N) is 1. The molecule has 0 aliphatic carbocycles. The summed E-state index contributed by atoms with van der Waals surface area (Å²) in [7, 11) is -3.66. The van der Waals surface area contributed by atoms with Crippen LogP contribution in [-0.4, -0.2) is 55.8 Å². The molecule has 1 fully saturated rings. The second-order valence-electron chi connectivity index (χ2n) is 8.88. The Hall–Kier alpha value is -2.22. The maximum absolute atomic E-state index is 13.2. The molecule has 2 aliphatic heterocycles. The van der Waals surface area contributed by atoms with Crippen LogP contribution in [0.3, 0.4) is 0 Å². The van der Waals surface area contributed by atoms with Crippen molar-refractivity contribution in [1.82, 2.24) is 14.5 Å². The van der Waals surface area contributed by atoms with Crippen LogP contribution in [0.4, 0.5) is 0 Å². The number of piperidine rings is 1. The third-order valence-electron chi connectivity index (χ3n) is 6.68. The number of hydrogen-bond donors (Lipinski definition) is 1. The monoisotopic (exact) mass is 455 g/mol. The van der Waals surface area contributed by atoms with Crippen LogP contribution in [0.5, 0.6) is 0 Å². The zero-order valence-electron chi connectivity index (χ0n) is 18.8. The molecule has 1 unspecified atom stereocenters. The summed E-state index contributed by atoms with van der Waals surface area (Å²) < 4.78 is 28.0. The van der Waals surface area contributed by atoms with Crippen LogP contribution in [-0.2, 0) is 23.0 Å². The molecule has 0 radical (unpaired) electrons. The minimum atomic E-state index is -3.66. The average Bonchev–Trinajstić information content (AvgIpc) is 2.82. The third kappa shape index (κ3) is 5.22. The van der Waals surface area contributed by atoms with Gasteiger partial charge in [-0.2, -0.15) is 4.31 Å². The molecule has 2 heterocycles. The van der Waals surface area contributed by atoms with E-state index in [0.29, 0.717) is 37.7 Å². The SMILES string of the molecule is CC1CCCCN1CCCNC(=O)c1cccc(S(=O)(=O)N2CCc3ccccc3C2)c1. The van der Waals surface area contributed by atoms with E-state index in [1.807, 2.05) is 18.2 Å². The van der Waals surface area contributed by atoms with Crippen LogP contribution in [0, 0.1) is 0 Å². The molecule has 2 aliphatic rings. The van der Waals surface area contributed by atoms with Crippen molar-refractivity contribution in [3.63, 3.8) is 0 Å². The Labute approximate surface area is 191 Å². The number of sulfonamides is 1. The van der Waals surface area contributed by atoms with Crippen LogP contribution in [0.25, 0.3) is 0 Å². The van der Waals surface area contributed by atoms with Gasteiger partial charge in [-0.3, -0.25) is 4.79 Å². The number of likely N-dealkylation sites (tertiary alicyclic amines) is 1. The van der Waals surface area contributed by atoms with E-state index in [2.05, 4.69) is 23.2 Å². The molecule has 7 heteroatoms. The number of nitrogens with zero attached hydrogens (tertiary/aromatic N) is 2. The minimum absolute atomic E-state index is 0.173. The van der Waals surface area contributed by atoms with Gasteiger partial charge in [-0.05, 0) is 68.5 Å². The summed E-state index contributed by atoms with van der Waals surface area (Å²) in [6.07, 6.45) is 5.39. The van der Waals surface area contributed by atoms with Crippen LogP contribution >= 0.6 is 0 Å².